The Balaban J connectivity index is 1.64. The maximum absolute atomic E-state index is 12.9. The van der Waals surface area contributed by atoms with E-state index in [1.165, 1.54) is 0 Å². The first-order valence-electron chi connectivity index (χ1n) is 10.4. The maximum atomic E-state index is 12.9. The van der Waals surface area contributed by atoms with Crippen LogP contribution >= 0.6 is 0 Å². The highest BCUT2D eigenvalue weighted by molar-refractivity contribution is 5.93. The molecule has 0 radical (unpaired) electrons. The van der Waals surface area contributed by atoms with Crippen LogP contribution in [-0.2, 0) is 11.3 Å². The number of carbonyl (C=O) groups is 2. The first kappa shape index (κ1) is 20.9. The van der Waals surface area contributed by atoms with Gasteiger partial charge >= 0.3 is 0 Å². The van der Waals surface area contributed by atoms with E-state index in [9.17, 15) is 9.59 Å². The van der Waals surface area contributed by atoms with Crippen molar-refractivity contribution in [2.75, 3.05) is 13.7 Å². The van der Waals surface area contributed by atoms with E-state index in [0.29, 0.717) is 18.0 Å². The van der Waals surface area contributed by atoms with Crippen molar-refractivity contribution in [3.05, 3.63) is 65.2 Å². The van der Waals surface area contributed by atoms with Crippen LogP contribution in [0, 0.1) is 0 Å². The van der Waals surface area contributed by atoms with Gasteiger partial charge < -0.3 is 15.0 Å². The molecule has 1 fully saturated rings. The van der Waals surface area contributed by atoms with Crippen LogP contribution in [0.5, 0.6) is 5.75 Å². The van der Waals surface area contributed by atoms with E-state index in [-0.39, 0.29) is 24.5 Å². The second-order valence-corrected chi connectivity index (χ2v) is 7.66. The molecule has 1 saturated carbocycles. The fraction of sp³-hybridized carbons (Fsp3) is 0.417. The number of hydrogen-bond donors (Lipinski definition) is 1. The van der Waals surface area contributed by atoms with Crippen LogP contribution in [0.2, 0.25) is 0 Å². The van der Waals surface area contributed by atoms with Crippen molar-refractivity contribution < 1.29 is 14.3 Å². The van der Waals surface area contributed by atoms with Crippen LogP contribution in [0.4, 0.5) is 0 Å². The second-order valence-electron chi connectivity index (χ2n) is 7.66. The molecule has 0 aliphatic heterocycles. The molecule has 29 heavy (non-hydrogen) atoms. The van der Waals surface area contributed by atoms with Crippen LogP contribution in [0.15, 0.2) is 48.5 Å². The molecule has 2 aromatic carbocycles. The summed E-state index contributed by atoms with van der Waals surface area (Å²) in [6.07, 6.45) is 3.09. The molecule has 0 saturated heterocycles. The number of rotatable bonds is 9. The average Bonchev–Trinajstić information content (AvgIpc) is 3.60. The number of nitrogens with zero attached hydrogens (tertiary/aromatic N) is 1. The van der Waals surface area contributed by atoms with Crippen LogP contribution in [0.1, 0.15) is 60.5 Å². The predicted molar refractivity (Wildman–Crippen MR) is 114 cm³/mol. The SMILES string of the molecule is CCC(C)c1ccccc1OCC(=O)N(Cc1ccc(C(=O)NC)cc1)C1CC1. The van der Waals surface area contributed by atoms with E-state index in [1.807, 2.05) is 35.2 Å². The Hall–Kier alpha value is -2.82. The van der Waals surface area contributed by atoms with Crippen molar-refractivity contribution >= 4 is 11.8 Å². The molecule has 5 heteroatoms. The average molecular weight is 395 g/mol. The molecule has 0 bridgehead atoms. The highest BCUT2D eigenvalue weighted by Crippen LogP contribution is 2.30. The molecule has 2 aromatic rings. The van der Waals surface area contributed by atoms with Crippen molar-refractivity contribution in [2.24, 2.45) is 0 Å². The summed E-state index contributed by atoms with van der Waals surface area (Å²) in [4.78, 5) is 26.5. The van der Waals surface area contributed by atoms with Crippen LogP contribution in [0.3, 0.4) is 0 Å². The molecule has 2 amide bonds. The Kier molecular flexibility index (Phi) is 6.91. The molecule has 0 spiro atoms. The van der Waals surface area contributed by atoms with E-state index in [0.717, 1.165) is 36.1 Å². The van der Waals surface area contributed by atoms with Gasteiger partial charge in [0.25, 0.3) is 11.8 Å². The smallest absolute Gasteiger partial charge is 0.261 e. The topological polar surface area (TPSA) is 58.6 Å². The Bertz CT molecular complexity index is 843. The predicted octanol–water partition coefficient (Wildman–Crippen LogP) is 4.13. The van der Waals surface area contributed by atoms with Crippen LogP contribution in [-0.4, -0.2) is 36.4 Å². The maximum Gasteiger partial charge on any atom is 0.261 e. The van der Waals surface area contributed by atoms with Gasteiger partial charge in [-0.3, -0.25) is 9.59 Å². The quantitative estimate of drug-likeness (QED) is 0.696. The van der Waals surface area contributed by atoms with Gasteiger partial charge in [-0.05, 0) is 54.5 Å². The lowest BCUT2D eigenvalue weighted by Gasteiger charge is -2.23. The van der Waals surface area contributed by atoms with Crippen molar-refractivity contribution in [3.8, 4) is 5.75 Å². The van der Waals surface area contributed by atoms with Gasteiger partial charge in [0.05, 0.1) is 0 Å². The minimum atomic E-state index is -0.111. The number of nitrogens with one attached hydrogen (secondary N) is 1. The zero-order valence-corrected chi connectivity index (χ0v) is 17.5. The Morgan fingerprint density at radius 3 is 2.45 bits per heavy atom. The largest absolute Gasteiger partial charge is 0.483 e. The lowest BCUT2D eigenvalue weighted by atomic mass is 9.98. The molecule has 3 rings (SSSR count). The molecule has 5 nitrogen and oxygen atoms in total. The molecule has 0 heterocycles. The second kappa shape index (κ2) is 9.59. The summed E-state index contributed by atoms with van der Waals surface area (Å²) in [6, 6.07) is 15.7. The highest BCUT2D eigenvalue weighted by atomic mass is 16.5. The van der Waals surface area contributed by atoms with E-state index >= 15 is 0 Å². The third kappa shape index (κ3) is 5.37. The standard InChI is InChI=1S/C24H30N2O3/c1-4-17(2)21-7-5-6-8-22(21)29-16-23(27)26(20-13-14-20)15-18-9-11-19(12-10-18)24(28)25-3/h5-12,17,20H,4,13-16H2,1-3H3,(H,25,28). The highest BCUT2D eigenvalue weighted by Gasteiger charge is 2.32. The third-order valence-corrected chi connectivity index (χ3v) is 5.52. The fourth-order valence-corrected chi connectivity index (χ4v) is 3.37. The number of benzene rings is 2. The molecule has 1 unspecified atom stereocenters. The molecule has 1 N–H and O–H groups in total. The van der Waals surface area contributed by atoms with Crippen molar-refractivity contribution in [2.45, 2.75) is 51.6 Å². The Labute approximate surface area is 173 Å². The summed E-state index contributed by atoms with van der Waals surface area (Å²) < 4.78 is 5.94. The summed E-state index contributed by atoms with van der Waals surface area (Å²) in [6.45, 7) is 4.90. The van der Waals surface area contributed by atoms with E-state index in [4.69, 9.17) is 4.74 Å². The van der Waals surface area contributed by atoms with Crippen molar-refractivity contribution in [1.82, 2.24) is 10.2 Å². The number of ether oxygens (including phenoxy) is 1. The summed E-state index contributed by atoms with van der Waals surface area (Å²) in [5.74, 6) is 1.07. The van der Waals surface area contributed by atoms with E-state index in [1.54, 1.807) is 19.2 Å². The number of amides is 2. The first-order chi connectivity index (χ1) is 14.0. The molecular formula is C24H30N2O3. The fourth-order valence-electron chi connectivity index (χ4n) is 3.37. The molecular weight excluding hydrogens is 364 g/mol. The minimum Gasteiger partial charge on any atom is -0.483 e. The van der Waals surface area contributed by atoms with Gasteiger partial charge in [-0.2, -0.15) is 0 Å². The third-order valence-electron chi connectivity index (χ3n) is 5.52. The van der Waals surface area contributed by atoms with Gasteiger partial charge in [-0.25, -0.2) is 0 Å². The zero-order chi connectivity index (χ0) is 20.8. The van der Waals surface area contributed by atoms with Gasteiger partial charge in [0, 0.05) is 25.2 Å². The summed E-state index contributed by atoms with van der Waals surface area (Å²) in [5.41, 5.74) is 2.77. The van der Waals surface area contributed by atoms with Gasteiger partial charge in [-0.1, -0.05) is 44.2 Å². The molecule has 154 valence electrons. The van der Waals surface area contributed by atoms with Crippen molar-refractivity contribution in [3.63, 3.8) is 0 Å². The van der Waals surface area contributed by atoms with Gasteiger partial charge in [-0.15, -0.1) is 0 Å². The van der Waals surface area contributed by atoms with Gasteiger partial charge in [0.1, 0.15) is 5.75 Å². The lowest BCUT2D eigenvalue weighted by molar-refractivity contribution is -0.134. The summed E-state index contributed by atoms with van der Waals surface area (Å²) in [5, 5.41) is 2.62. The van der Waals surface area contributed by atoms with Gasteiger partial charge in [0.15, 0.2) is 6.61 Å². The van der Waals surface area contributed by atoms with Crippen LogP contribution in [0.25, 0.3) is 0 Å². The molecule has 1 aliphatic carbocycles. The summed E-state index contributed by atoms with van der Waals surface area (Å²) >= 11 is 0. The summed E-state index contributed by atoms with van der Waals surface area (Å²) in [7, 11) is 1.61. The lowest BCUT2D eigenvalue weighted by Crippen LogP contribution is -2.36. The number of hydrogen-bond acceptors (Lipinski definition) is 3. The van der Waals surface area contributed by atoms with E-state index in [2.05, 4.69) is 25.2 Å². The molecule has 1 atom stereocenters. The first-order valence-corrected chi connectivity index (χ1v) is 10.4. The molecule has 1 aliphatic rings. The van der Waals surface area contributed by atoms with E-state index < -0.39 is 0 Å². The number of carbonyl (C=O) groups excluding carboxylic acids is 2. The minimum absolute atomic E-state index is 0.00170. The van der Waals surface area contributed by atoms with Crippen LogP contribution < -0.4 is 10.1 Å². The Morgan fingerprint density at radius 1 is 1.14 bits per heavy atom. The Morgan fingerprint density at radius 2 is 1.83 bits per heavy atom. The monoisotopic (exact) mass is 394 g/mol. The zero-order valence-electron chi connectivity index (χ0n) is 17.5. The molecule has 0 aromatic heterocycles. The normalized spacial score (nSPS) is 14.2. The van der Waals surface area contributed by atoms with Gasteiger partial charge in [0.2, 0.25) is 0 Å². The number of para-hydroxylation sites is 1. The van der Waals surface area contributed by atoms with Crippen molar-refractivity contribution in [1.29, 1.82) is 0 Å².